The third-order valence-electron chi connectivity index (χ3n) is 3.86. The Morgan fingerprint density at radius 3 is 2.39 bits per heavy atom. The van der Waals surface area contributed by atoms with Gasteiger partial charge < -0.3 is 25.2 Å². The van der Waals surface area contributed by atoms with Crippen molar-refractivity contribution >= 4 is 17.8 Å². The summed E-state index contributed by atoms with van der Waals surface area (Å²) in [5, 5.41) is 14.2. The average molecular weight is 330 g/mol. The largest absolute Gasteiger partial charge is 0.480 e. The Morgan fingerprint density at radius 2 is 1.83 bits per heavy atom. The molecule has 132 valence electrons. The van der Waals surface area contributed by atoms with Gasteiger partial charge in [-0.15, -0.1) is 0 Å². The standard InChI is InChI=1S/C15H26N2O6/c1-10(15(20)21)16-14(19)11-3-5-12(6-4-11)17-13(18)9-23-8-7-22-2/h10-12H,3-9H2,1-2H3,(H,16,19)(H,17,18)(H,20,21)/t10-,11?,12?/m1/s1. The Bertz CT molecular complexity index is 407. The molecule has 0 aromatic carbocycles. The minimum atomic E-state index is -1.05. The fourth-order valence-corrected chi connectivity index (χ4v) is 2.47. The molecule has 1 aliphatic carbocycles. The first-order valence-electron chi connectivity index (χ1n) is 7.83. The van der Waals surface area contributed by atoms with Crippen LogP contribution in [-0.4, -0.2) is 61.9 Å². The highest BCUT2D eigenvalue weighted by Gasteiger charge is 2.28. The highest BCUT2D eigenvalue weighted by molar-refractivity contribution is 5.84. The molecule has 0 radical (unpaired) electrons. The van der Waals surface area contributed by atoms with E-state index in [0.29, 0.717) is 38.9 Å². The molecule has 0 aliphatic heterocycles. The topological polar surface area (TPSA) is 114 Å². The zero-order chi connectivity index (χ0) is 17.2. The van der Waals surface area contributed by atoms with E-state index in [9.17, 15) is 14.4 Å². The molecule has 0 saturated heterocycles. The van der Waals surface area contributed by atoms with Gasteiger partial charge in [-0.25, -0.2) is 0 Å². The molecular weight excluding hydrogens is 304 g/mol. The van der Waals surface area contributed by atoms with Crippen molar-refractivity contribution in [1.29, 1.82) is 0 Å². The summed E-state index contributed by atoms with van der Waals surface area (Å²) in [6.45, 7) is 2.26. The smallest absolute Gasteiger partial charge is 0.325 e. The second-order valence-corrected chi connectivity index (χ2v) is 5.73. The second kappa shape index (κ2) is 10.2. The van der Waals surface area contributed by atoms with E-state index in [1.165, 1.54) is 6.92 Å². The number of carboxylic acid groups (broad SMARTS) is 1. The highest BCUT2D eigenvalue weighted by atomic mass is 16.5. The Hall–Kier alpha value is -1.67. The van der Waals surface area contributed by atoms with Crippen molar-refractivity contribution in [3.8, 4) is 0 Å². The predicted octanol–water partition coefficient (Wildman–Crippen LogP) is -0.0863. The molecule has 1 fully saturated rings. The molecule has 0 aromatic heterocycles. The molecule has 23 heavy (non-hydrogen) atoms. The molecule has 1 saturated carbocycles. The maximum atomic E-state index is 12.0. The van der Waals surface area contributed by atoms with Gasteiger partial charge in [0.05, 0.1) is 13.2 Å². The number of hydrogen-bond donors (Lipinski definition) is 3. The first-order chi connectivity index (χ1) is 10.9. The van der Waals surface area contributed by atoms with Crippen LogP contribution in [0.1, 0.15) is 32.6 Å². The summed E-state index contributed by atoms with van der Waals surface area (Å²) < 4.78 is 9.96. The van der Waals surface area contributed by atoms with E-state index in [2.05, 4.69) is 10.6 Å². The molecule has 3 N–H and O–H groups in total. The molecule has 0 spiro atoms. The van der Waals surface area contributed by atoms with Crippen LogP contribution in [0, 0.1) is 5.92 Å². The third-order valence-corrected chi connectivity index (χ3v) is 3.86. The van der Waals surface area contributed by atoms with Crippen molar-refractivity contribution in [2.75, 3.05) is 26.9 Å². The zero-order valence-electron chi connectivity index (χ0n) is 13.7. The van der Waals surface area contributed by atoms with Gasteiger partial charge in [-0.2, -0.15) is 0 Å². The van der Waals surface area contributed by atoms with Crippen molar-refractivity contribution in [2.45, 2.75) is 44.7 Å². The number of carbonyl (C=O) groups excluding carboxylic acids is 2. The van der Waals surface area contributed by atoms with Crippen molar-refractivity contribution in [3.63, 3.8) is 0 Å². The van der Waals surface area contributed by atoms with Crippen LogP contribution < -0.4 is 10.6 Å². The molecule has 1 atom stereocenters. The highest BCUT2D eigenvalue weighted by Crippen LogP contribution is 2.24. The number of carboxylic acids is 1. The van der Waals surface area contributed by atoms with Crippen LogP contribution in [0.3, 0.4) is 0 Å². The molecule has 0 bridgehead atoms. The van der Waals surface area contributed by atoms with E-state index in [0.717, 1.165) is 0 Å². The lowest BCUT2D eigenvalue weighted by Crippen LogP contribution is -2.45. The number of amides is 2. The lowest BCUT2D eigenvalue weighted by molar-refractivity contribution is -0.142. The lowest BCUT2D eigenvalue weighted by Gasteiger charge is -2.28. The van der Waals surface area contributed by atoms with Crippen molar-refractivity contribution in [3.05, 3.63) is 0 Å². The van der Waals surface area contributed by atoms with Gasteiger partial charge >= 0.3 is 5.97 Å². The minimum Gasteiger partial charge on any atom is -0.480 e. The van der Waals surface area contributed by atoms with Gasteiger partial charge in [-0.05, 0) is 32.6 Å². The van der Waals surface area contributed by atoms with Gasteiger partial charge in [0.1, 0.15) is 12.6 Å². The van der Waals surface area contributed by atoms with Crippen LogP contribution in [0.4, 0.5) is 0 Å². The first kappa shape index (κ1) is 19.4. The van der Waals surface area contributed by atoms with Gasteiger partial charge in [-0.3, -0.25) is 14.4 Å². The van der Waals surface area contributed by atoms with E-state index < -0.39 is 12.0 Å². The predicted molar refractivity (Wildman–Crippen MR) is 81.8 cm³/mol. The molecule has 0 aromatic rings. The number of rotatable bonds is 9. The summed E-state index contributed by atoms with van der Waals surface area (Å²) in [5.74, 6) is -1.64. The minimum absolute atomic E-state index is 0.0000983. The summed E-state index contributed by atoms with van der Waals surface area (Å²) in [7, 11) is 1.56. The molecule has 8 heteroatoms. The maximum Gasteiger partial charge on any atom is 0.325 e. The summed E-state index contributed by atoms with van der Waals surface area (Å²) in [4.78, 5) is 34.4. The SMILES string of the molecule is COCCOCC(=O)NC1CCC(C(=O)N[C@H](C)C(=O)O)CC1. The summed E-state index contributed by atoms with van der Waals surface area (Å²) in [5.41, 5.74) is 0. The van der Waals surface area contributed by atoms with Crippen molar-refractivity contribution in [2.24, 2.45) is 5.92 Å². The number of carbonyl (C=O) groups is 3. The Balaban J connectivity index is 2.23. The second-order valence-electron chi connectivity index (χ2n) is 5.73. The van der Waals surface area contributed by atoms with Crippen LogP contribution >= 0.6 is 0 Å². The lowest BCUT2D eigenvalue weighted by atomic mass is 9.85. The summed E-state index contributed by atoms with van der Waals surface area (Å²) in [6, 6.07) is -0.848. The van der Waals surface area contributed by atoms with E-state index in [1.54, 1.807) is 7.11 Å². The Morgan fingerprint density at radius 1 is 1.17 bits per heavy atom. The maximum absolute atomic E-state index is 12.0. The monoisotopic (exact) mass is 330 g/mol. The quantitative estimate of drug-likeness (QED) is 0.509. The van der Waals surface area contributed by atoms with Gasteiger partial charge in [0, 0.05) is 19.1 Å². The molecule has 0 unspecified atom stereocenters. The number of aliphatic carboxylic acids is 1. The van der Waals surface area contributed by atoms with E-state index in [4.69, 9.17) is 14.6 Å². The number of ether oxygens (including phenoxy) is 2. The number of hydrogen-bond acceptors (Lipinski definition) is 5. The third kappa shape index (κ3) is 7.43. The Labute approximate surface area is 135 Å². The van der Waals surface area contributed by atoms with Gasteiger partial charge in [0.15, 0.2) is 0 Å². The molecule has 0 heterocycles. The summed E-state index contributed by atoms with van der Waals surface area (Å²) >= 11 is 0. The van der Waals surface area contributed by atoms with Crippen LogP contribution in [-0.2, 0) is 23.9 Å². The van der Waals surface area contributed by atoms with Gasteiger partial charge in [0.2, 0.25) is 11.8 Å². The van der Waals surface area contributed by atoms with Crippen LogP contribution in [0.5, 0.6) is 0 Å². The van der Waals surface area contributed by atoms with Crippen molar-refractivity contribution < 1.29 is 29.0 Å². The summed E-state index contributed by atoms with van der Waals surface area (Å²) in [6.07, 6.45) is 2.66. The molecule has 8 nitrogen and oxygen atoms in total. The average Bonchev–Trinajstić information content (AvgIpc) is 2.52. The molecule has 1 rings (SSSR count). The van der Waals surface area contributed by atoms with Crippen molar-refractivity contribution in [1.82, 2.24) is 10.6 Å². The number of methoxy groups -OCH3 is 1. The van der Waals surface area contributed by atoms with E-state index in [-0.39, 0.29) is 30.4 Å². The van der Waals surface area contributed by atoms with Crippen LogP contribution in [0.2, 0.25) is 0 Å². The normalized spacial score (nSPS) is 22.2. The van der Waals surface area contributed by atoms with E-state index >= 15 is 0 Å². The molecular formula is C15H26N2O6. The van der Waals surface area contributed by atoms with E-state index in [1.807, 2.05) is 0 Å². The van der Waals surface area contributed by atoms with Gasteiger partial charge in [0.25, 0.3) is 0 Å². The molecule has 1 aliphatic rings. The number of nitrogens with one attached hydrogen (secondary N) is 2. The fourth-order valence-electron chi connectivity index (χ4n) is 2.47. The van der Waals surface area contributed by atoms with Crippen LogP contribution in [0.25, 0.3) is 0 Å². The van der Waals surface area contributed by atoms with Crippen LogP contribution in [0.15, 0.2) is 0 Å². The first-order valence-corrected chi connectivity index (χ1v) is 7.83. The zero-order valence-corrected chi connectivity index (χ0v) is 13.7. The fraction of sp³-hybridized carbons (Fsp3) is 0.800. The molecule has 2 amide bonds. The Kier molecular flexibility index (Phi) is 8.57. The van der Waals surface area contributed by atoms with Gasteiger partial charge in [-0.1, -0.05) is 0 Å².